The molecule has 6 nitrogen and oxygen atoms in total. The zero-order chi connectivity index (χ0) is 16.9. The van der Waals surface area contributed by atoms with Crippen LogP contribution in [0.2, 0.25) is 0 Å². The number of alkyl halides is 3. The molecule has 0 unspecified atom stereocenters. The highest BCUT2D eigenvalue weighted by Crippen LogP contribution is 2.27. The van der Waals surface area contributed by atoms with E-state index in [1.807, 2.05) is 0 Å². The maximum Gasteiger partial charge on any atom is 0.433 e. The third-order valence-corrected chi connectivity index (χ3v) is 2.94. The Labute approximate surface area is 130 Å². The molecular formula is C14H15F3N4O2. The van der Waals surface area contributed by atoms with Gasteiger partial charge < -0.3 is 15.1 Å². The van der Waals surface area contributed by atoms with E-state index in [1.54, 1.807) is 13.0 Å². The minimum Gasteiger partial charge on any atom is -0.459 e. The maximum absolute atomic E-state index is 12.5. The van der Waals surface area contributed by atoms with Gasteiger partial charge in [-0.05, 0) is 25.5 Å². The lowest BCUT2D eigenvalue weighted by atomic mass is 10.2. The summed E-state index contributed by atoms with van der Waals surface area (Å²) in [4.78, 5) is 18.8. The van der Waals surface area contributed by atoms with Gasteiger partial charge in [0.1, 0.15) is 5.69 Å². The monoisotopic (exact) mass is 328 g/mol. The summed E-state index contributed by atoms with van der Waals surface area (Å²) in [6.07, 6.45) is -1.55. The molecule has 124 valence electrons. The SMILES string of the molecule is Cc1ccoc1C(=O)NCCCNc1nccc(C(F)(F)F)n1. The van der Waals surface area contributed by atoms with E-state index < -0.39 is 11.9 Å². The molecule has 0 bridgehead atoms. The van der Waals surface area contributed by atoms with E-state index in [0.29, 0.717) is 19.5 Å². The van der Waals surface area contributed by atoms with Crippen LogP contribution in [-0.2, 0) is 6.18 Å². The van der Waals surface area contributed by atoms with Gasteiger partial charge in [-0.2, -0.15) is 13.2 Å². The molecule has 1 amide bonds. The minimum absolute atomic E-state index is 0.104. The molecular weight excluding hydrogens is 313 g/mol. The van der Waals surface area contributed by atoms with E-state index >= 15 is 0 Å². The molecule has 2 rings (SSSR count). The van der Waals surface area contributed by atoms with Gasteiger partial charge in [0, 0.05) is 24.8 Å². The van der Waals surface area contributed by atoms with Crippen LogP contribution in [0.5, 0.6) is 0 Å². The summed E-state index contributed by atoms with van der Waals surface area (Å²) < 4.78 is 42.5. The zero-order valence-corrected chi connectivity index (χ0v) is 12.3. The molecule has 0 fully saturated rings. The van der Waals surface area contributed by atoms with E-state index in [4.69, 9.17) is 4.42 Å². The number of aromatic nitrogens is 2. The first-order chi connectivity index (χ1) is 10.9. The van der Waals surface area contributed by atoms with Gasteiger partial charge in [-0.1, -0.05) is 0 Å². The van der Waals surface area contributed by atoms with Crippen LogP contribution in [0.25, 0.3) is 0 Å². The van der Waals surface area contributed by atoms with Gasteiger partial charge in [-0.3, -0.25) is 4.79 Å². The van der Waals surface area contributed by atoms with Gasteiger partial charge in [0.2, 0.25) is 5.95 Å². The summed E-state index contributed by atoms with van der Waals surface area (Å²) in [5, 5.41) is 5.33. The molecule has 0 aliphatic rings. The molecule has 0 aromatic carbocycles. The van der Waals surface area contributed by atoms with Crippen molar-refractivity contribution in [1.29, 1.82) is 0 Å². The number of anilines is 1. The molecule has 0 saturated heterocycles. The molecule has 0 atom stereocenters. The van der Waals surface area contributed by atoms with Crippen LogP contribution >= 0.6 is 0 Å². The largest absolute Gasteiger partial charge is 0.459 e. The molecule has 2 aromatic heterocycles. The molecule has 2 aromatic rings. The van der Waals surface area contributed by atoms with Crippen molar-refractivity contribution in [2.45, 2.75) is 19.5 Å². The van der Waals surface area contributed by atoms with E-state index in [1.165, 1.54) is 6.26 Å². The van der Waals surface area contributed by atoms with Gasteiger partial charge in [-0.25, -0.2) is 9.97 Å². The Morgan fingerprint density at radius 2 is 2.09 bits per heavy atom. The molecule has 0 aliphatic carbocycles. The third kappa shape index (κ3) is 4.70. The number of carbonyl (C=O) groups is 1. The minimum atomic E-state index is -4.51. The van der Waals surface area contributed by atoms with Crippen LogP contribution in [0.15, 0.2) is 29.0 Å². The quantitative estimate of drug-likeness (QED) is 0.797. The average Bonchev–Trinajstić information content (AvgIpc) is 2.92. The van der Waals surface area contributed by atoms with E-state index in [-0.39, 0.29) is 17.6 Å². The molecule has 2 N–H and O–H groups in total. The summed E-state index contributed by atoms with van der Waals surface area (Å²) >= 11 is 0. The average molecular weight is 328 g/mol. The van der Waals surface area contributed by atoms with Gasteiger partial charge in [0.25, 0.3) is 5.91 Å². The first-order valence-corrected chi connectivity index (χ1v) is 6.84. The number of nitrogens with one attached hydrogen (secondary N) is 2. The number of amides is 1. The fourth-order valence-electron chi connectivity index (χ4n) is 1.78. The number of nitrogens with zero attached hydrogens (tertiary/aromatic N) is 2. The lowest BCUT2D eigenvalue weighted by molar-refractivity contribution is -0.141. The van der Waals surface area contributed by atoms with Crippen molar-refractivity contribution < 1.29 is 22.4 Å². The Balaban J connectivity index is 1.74. The molecule has 0 radical (unpaired) electrons. The van der Waals surface area contributed by atoms with Crippen LogP contribution in [-0.4, -0.2) is 29.0 Å². The topological polar surface area (TPSA) is 80.0 Å². The van der Waals surface area contributed by atoms with Crippen molar-refractivity contribution in [3.8, 4) is 0 Å². The predicted octanol–water partition coefficient (Wildman–Crippen LogP) is 2.63. The number of hydrogen-bond donors (Lipinski definition) is 2. The number of rotatable bonds is 6. The van der Waals surface area contributed by atoms with Gasteiger partial charge in [0.15, 0.2) is 5.76 Å². The van der Waals surface area contributed by atoms with Crippen LogP contribution in [0.4, 0.5) is 19.1 Å². The summed E-state index contributed by atoms with van der Waals surface area (Å²) in [6.45, 7) is 2.41. The fraction of sp³-hybridized carbons (Fsp3) is 0.357. The van der Waals surface area contributed by atoms with Crippen LogP contribution in [0, 0.1) is 6.92 Å². The maximum atomic E-state index is 12.5. The number of halogens is 3. The van der Waals surface area contributed by atoms with Crippen LogP contribution in [0.3, 0.4) is 0 Å². The summed E-state index contributed by atoms with van der Waals surface area (Å²) in [5.74, 6) is -0.185. The lowest BCUT2D eigenvalue weighted by Gasteiger charge is -2.08. The second-order valence-electron chi connectivity index (χ2n) is 4.73. The Morgan fingerprint density at radius 3 is 2.74 bits per heavy atom. The predicted molar refractivity (Wildman–Crippen MR) is 75.9 cm³/mol. The van der Waals surface area contributed by atoms with Gasteiger partial charge >= 0.3 is 6.18 Å². The summed E-state index contributed by atoms with van der Waals surface area (Å²) in [7, 11) is 0. The highest BCUT2D eigenvalue weighted by atomic mass is 19.4. The molecule has 2 heterocycles. The molecule has 0 saturated carbocycles. The van der Waals surface area contributed by atoms with Gasteiger partial charge in [-0.15, -0.1) is 0 Å². The molecule has 23 heavy (non-hydrogen) atoms. The third-order valence-electron chi connectivity index (χ3n) is 2.94. The van der Waals surface area contributed by atoms with Crippen molar-refractivity contribution in [1.82, 2.24) is 15.3 Å². The highest BCUT2D eigenvalue weighted by molar-refractivity contribution is 5.92. The van der Waals surface area contributed by atoms with Crippen molar-refractivity contribution in [2.75, 3.05) is 18.4 Å². The first-order valence-electron chi connectivity index (χ1n) is 6.84. The fourth-order valence-corrected chi connectivity index (χ4v) is 1.78. The first kappa shape index (κ1) is 16.8. The van der Waals surface area contributed by atoms with E-state index in [2.05, 4.69) is 20.6 Å². The van der Waals surface area contributed by atoms with Crippen LogP contribution < -0.4 is 10.6 Å². The van der Waals surface area contributed by atoms with Crippen molar-refractivity contribution in [3.63, 3.8) is 0 Å². The van der Waals surface area contributed by atoms with Crippen LogP contribution in [0.1, 0.15) is 28.2 Å². The Morgan fingerprint density at radius 1 is 1.30 bits per heavy atom. The standard InChI is InChI=1S/C14H15F3N4O2/c1-9-4-8-23-11(9)12(22)18-5-2-6-19-13-20-7-3-10(21-13)14(15,16)17/h3-4,7-8H,2,5-6H2,1H3,(H,18,22)(H,19,20,21). The smallest absolute Gasteiger partial charge is 0.433 e. The molecule has 0 spiro atoms. The zero-order valence-electron chi connectivity index (χ0n) is 12.3. The normalized spacial score (nSPS) is 11.3. The van der Waals surface area contributed by atoms with Gasteiger partial charge in [0.05, 0.1) is 6.26 Å². The lowest BCUT2D eigenvalue weighted by Crippen LogP contribution is -2.26. The Hall–Kier alpha value is -2.58. The summed E-state index contributed by atoms with van der Waals surface area (Å²) in [5.41, 5.74) is -0.269. The number of aryl methyl sites for hydroxylation is 1. The van der Waals surface area contributed by atoms with Crippen molar-refractivity contribution in [3.05, 3.63) is 41.6 Å². The Bertz CT molecular complexity index is 670. The van der Waals surface area contributed by atoms with Crippen molar-refractivity contribution in [2.24, 2.45) is 0 Å². The second-order valence-corrected chi connectivity index (χ2v) is 4.73. The van der Waals surface area contributed by atoms with E-state index in [0.717, 1.165) is 17.8 Å². The van der Waals surface area contributed by atoms with Crippen molar-refractivity contribution >= 4 is 11.9 Å². The number of furan rings is 1. The van der Waals surface area contributed by atoms with E-state index in [9.17, 15) is 18.0 Å². The Kier molecular flexibility index (Phi) is 5.20. The second kappa shape index (κ2) is 7.12. The number of carbonyl (C=O) groups excluding carboxylic acids is 1. The molecule has 9 heteroatoms. The highest BCUT2D eigenvalue weighted by Gasteiger charge is 2.32. The summed E-state index contributed by atoms with van der Waals surface area (Å²) in [6, 6.07) is 2.48. The molecule has 0 aliphatic heterocycles. The number of hydrogen-bond acceptors (Lipinski definition) is 5.